The van der Waals surface area contributed by atoms with E-state index in [9.17, 15) is 14.4 Å². The molecule has 0 fully saturated rings. The molecule has 4 rings (SSSR count). The molecule has 0 saturated carbocycles. The Morgan fingerprint density at radius 2 is 1.65 bits per heavy atom. The van der Waals surface area contributed by atoms with Crippen molar-refractivity contribution in [1.82, 2.24) is 0 Å². The third-order valence-corrected chi connectivity index (χ3v) is 5.52. The molecule has 0 bridgehead atoms. The number of fused-ring (bicyclic) bond motifs is 1. The minimum Gasteiger partial charge on any atom is -0.482 e. The highest BCUT2D eigenvalue weighted by molar-refractivity contribution is 6.07. The van der Waals surface area contributed by atoms with Gasteiger partial charge >= 0.3 is 5.97 Å². The van der Waals surface area contributed by atoms with Crippen molar-refractivity contribution in [3.8, 4) is 5.75 Å². The van der Waals surface area contributed by atoms with E-state index in [2.05, 4.69) is 5.32 Å². The van der Waals surface area contributed by atoms with E-state index in [1.54, 1.807) is 42.5 Å². The Bertz CT molecular complexity index is 1180. The molecule has 7 nitrogen and oxygen atoms in total. The van der Waals surface area contributed by atoms with Crippen molar-refractivity contribution in [3.63, 3.8) is 0 Å². The molecule has 3 aromatic rings. The van der Waals surface area contributed by atoms with Crippen LogP contribution in [-0.2, 0) is 20.9 Å². The number of para-hydroxylation sites is 2. The van der Waals surface area contributed by atoms with Crippen molar-refractivity contribution in [1.29, 1.82) is 0 Å². The third kappa shape index (κ3) is 5.09. The van der Waals surface area contributed by atoms with Gasteiger partial charge < -0.3 is 14.8 Å². The number of esters is 1. The fourth-order valence-electron chi connectivity index (χ4n) is 3.86. The van der Waals surface area contributed by atoms with Crippen LogP contribution >= 0.6 is 0 Å². The molecule has 3 aromatic carbocycles. The zero-order valence-electron chi connectivity index (χ0n) is 19.1. The second kappa shape index (κ2) is 10.2. The van der Waals surface area contributed by atoms with Gasteiger partial charge in [-0.05, 0) is 47.9 Å². The van der Waals surface area contributed by atoms with Gasteiger partial charge in [-0.15, -0.1) is 0 Å². The number of nitrogens with zero attached hydrogens (tertiary/aromatic N) is 1. The van der Waals surface area contributed by atoms with Crippen LogP contribution in [-0.4, -0.2) is 30.4 Å². The van der Waals surface area contributed by atoms with Gasteiger partial charge in [0.2, 0.25) is 5.91 Å². The maximum atomic E-state index is 13.2. The molecule has 1 unspecified atom stereocenters. The fraction of sp³-hybridized carbons (Fsp3) is 0.222. The highest BCUT2D eigenvalue weighted by Gasteiger charge is 2.37. The number of hydrogen-bond acceptors (Lipinski definition) is 5. The Hall–Kier alpha value is -4.13. The predicted molar refractivity (Wildman–Crippen MR) is 129 cm³/mol. The summed E-state index contributed by atoms with van der Waals surface area (Å²) in [5.41, 5.74) is 2.37. The van der Waals surface area contributed by atoms with Crippen LogP contribution in [0.25, 0.3) is 0 Å². The SMILES string of the molecule is CC(C)C(C(=O)Nc1ccc(C(=O)OCc2ccccc2)cc1)N1C(=O)COc2ccccc21. The Morgan fingerprint density at radius 1 is 0.971 bits per heavy atom. The van der Waals surface area contributed by atoms with Gasteiger partial charge in [-0.3, -0.25) is 14.5 Å². The van der Waals surface area contributed by atoms with Gasteiger partial charge in [-0.1, -0.05) is 56.3 Å². The maximum absolute atomic E-state index is 13.2. The Morgan fingerprint density at radius 3 is 2.35 bits per heavy atom. The summed E-state index contributed by atoms with van der Waals surface area (Å²) in [4.78, 5) is 39.8. The predicted octanol–water partition coefficient (Wildman–Crippen LogP) is 4.43. The number of amides is 2. The van der Waals surface area contributed by atoms with Crippen LogP contribution in [0, 0.1) is 5.92 Å². The topological polar surface area (TPSA) is 84.9 Å². The summed E-state index contributed by atoms with van der Waals surface area (Å²) in [5, 5.41) is 2.87. The highest BCUT2D eigenvalue weighted by atomic mass is 16.5. The summed E-state index contributed by atoms with van der Waals surface area (Å²) in [6, 6.07) is 22.4. The first kappa shape index (κ1) is 23.0. The smallest absolute Gasteiger partial charge is 0.338 e. The number of benzene rings is 3. The van der Waals surface area contributed by atoms with Crippen LogP contribution in [0.15, 0.2) is 78.9 Å². The van der Waals surface area contributed by atoms with Gasteiger partial charge in [0.25, 0.3) is 5.91 Å². The first-order valence-corrected chi connectivity index (χ1v) is 11.1. The van der Waals surface area contributed by atoms with Crippen molar-refractivity contribution >= 4 is 29.2 Å². The summed E-state index contributed by atoms with van der Waals surface area (Å²) in [6.07, 6.45) is 0. The minimum absolute atomic E-state index is 0.118. The van der Waals surface area contributed by atoms with E-state index in [1.807, 2.05) is 50.2 Å². The fourth-order valence-corrected chi connectivity index (χ4v) is 3.86. The van der Waals surface area contributed by atoms with Crippen molar-refractivity contribution in [2.45, 2.75) is 26.5 Å². The lowest BCUT2D eigenvalue weighted by molar-refractivity contribution is -0.126. The lowest BCUT2D eigenvalue weighted by atomic mass is 9.99. The molecule has 0 saturated heterocycles. The molecule has 1 aliphatic heterocycles. The molecule has 7 heteroatoms. The quantitative estimate of drug-likeness (QED) is 0.530. The van der Waals surface area contributed by atoms with E-state index >= 15 is 0 Å². The van der Waals surface area contributed by atoms with Crippen molar-refractivity contribution in [2.75, 3.05) is 16.8 Å². The molecule has 174 valence electrons. The summed E-state index contributed by atoms with van der Waals surface area (Å²) >= 11 is 0. The van der Waals surface area contributed by atoms with Gasteiger partial charge in [0.05, 0.1) is 11.3 Å². The molecule has 1 atom stereocenters. The molecule has 34 heavy (non-hydrogen) atoms. The molecular weight excluding hydrogens is 432 g/mol. The van der Waals surface area contributed by atoms with Crippen LogP contribution in [0.4, 0.5) is 11.4 Å². The van der Waals surface area contributed by atoms with Crippen molar-refractivity contribution in [2.24, 2.45) is 5.92 Å². The van der Waals surface area contributed by atoms with E-state index in [0.717, 1.165) is 5.56 Å². The largest absolute Gasteiger partial charge is 0.482 e. The number of nitrogens with one attached hydrogen (secondary N) is 1. The van der Waals surface area contributed by atoms with Crippen molar-refractivity contribution < 1.29 is 23.9 Å². The van der Waals surface area contributed by atoms with E-state index in [4.69, 9.17) is 9.47 Å². The third-order valence-electron chi connectivity index (χ3n) is 5.52. The lowest BCUT2D eigenvalue weighted by Crippen LogP contribution is -2.53. The zero-order chi connectivity index (χ0) is 24.1. The molecule has 0 radical (unpaired) electrons. The summed E-state index contributed by atoms with van der Waals surface area (Å²) in [5.74, 6) is -0.623. The average Bonchev–Trinajstić information content (AvgIpc) is 2.85. The van der Waals surface area contributed by atoms with Gasteiger partial charge in [0, 0.05) is 5.69 Å². The summed E-state index contributed by atoms with van der Waals surface area (Å²) in [7, 11) is 0. The molecule has 1 heterocycles. The van der Waals surface area contributed by atoms with Crippen LogP contribution in [0.1, 0.15) is 29.8 Å². The standard InChI is InChI=1S/C27H26N2O5/c1-18(2)25(29-22-10-6-7-11-23(22)33-17-24(29)30)26(31)28-21-14-12-20(13-15-21)27(32)34-16-19-8-4-3-5-9-19/h3-15,18,25H,16-17H2,1-2H3,(H,28,31). The molecule has 0 aliphatic carbocycles. The van der Waals surface area contributed by atoms with Gasteiger partial charge in [0.15, 0.2) is 6.61 Å². The Kier molecular flexibility index (Phi) is 6.92. The number of rotatable bonds is 7. The van der Waals surface area contributed by atoms with Crippen LogP contribution in [0.5, 0.6) is 5.75 Å². The van der Waals surface area contributed by atoms with E-state index < -0.39 is 12.0 Å². The van der Waals surface area contributed by atoms with E-state index in [0.29, 0.717) is 22.7 Å². The zero-order valence-corrected chi connectivity index (χ0v) is 19.1. The number of ether oxygens (including phenoxy) is 2. The first-order valence-electron chi connectivity index (χ1n) is 11.1. The first-order chi connectivity index (χ1) is 16.4. The van der Waals surface area contributed by atoms with Gasteiger partial charge in [0.1, 0.15) is 18.4 Å². The summed E-state index contributed by atoms with van der Waals surface area (Å²) < 4.78 is 10.9. The maximum Gasteiger partial charge on any atom is 0.338 e. The second-order valence-corrected chi connectivity index (χ2v) is 8.34. The average molecular weight is 459 g/mol. The summed E-state index contributed by atoms with van der Waals surface area (Å²) in [6.45, 7) is 3.85. The molecule has 0 aromatic heterocycles. The van der Waals surface area contributed by atoms with E-state index in [-0.39, 0.29) is 30.9 Å². The Balaban J connectivity index is 1.45. The molecule has 0 spiro atoms. The second-order valence-electron chi connectivity index (χ2n) is 8.34. The Labute approximate surface area is 198 Å². The minimum atomic E-state index is -0.729. The molecular formula is C27H26N2O5. The molecule has 1 aliphatic rings. The number of hydrogen-bond donors (Lipinski definition) is 1. The monoisotopic (exact) mass is 458 g/mol. The van der Waals surface area contributed by atoms with Gasteiger partial charge in [-0.2, -0.15) is 0 Å². The molecule has 2 amide bonds. The normalized spacial score (nSPS) is 13.6. The van der Waals surface area contributed by atoms with Crippen LogP contribution in [0.3, 0.4) is 0 Å². The van der Waals surface area contributed by atoms with Crippen LogP contribution in [0.2, 0.25) is 0 Å². The number of anilines is 2. The number of carbonyl (C=O) groups is 3. The lowest BCUT2D eigenvalue weighted by Gasteiger charge is -2.36. The number of carbonyl (C=O) groups excluding carboxylic acids is 3. The van der Waals surface area contributed by atoms with E-state index in [1.165, 1.54) is 4.90 Å². The van der Waals surface area contributed by atoms with Gasteiger partial charge in [-0.25, -0.2) is 4.79 Å². The van der Waals surface area contributed by atoms with Crippen molar-refractivity contribution in [3.05, 3.63) is 90.0 Å². The molecule has 1 N–H and O–H groups in total. The van der Waals surface area contributed by atoms with Crippen LogP contribution < -0.4 is 15.0 Å². The highest BCUT2D eigenvalue weighted by Crippen LogP contribution is 2.34.